The minimum Gasteiger partial charge on any atom is -0.378 e. The van der Waals surface area contributed by atoms with Gasteiger partial charge in [0.15, 0.2) is 11.5 Å². The molecule has 1 saturated heterocycles. The molecule has 1 aromatic carbocycles. The van der Waals surface area contributed by atoms with Crippen LogP contribution in [0.4, 0.5) is 24.7 Å². The van der Waals surface area contributed by atoms with Crippen LogP contribution in [-0.2, 0) is 17.5 Å². The summed E-state index contributed by atoms with van der Waals surface area (Å²) in [6.07, 6.45) is -3.35. The second kappa shape index (κ2) is 7.03. The molecule has 2 N–H and O–H groups in total. The number of aromatic amines is 1. The van der Waals surface area contributed by atoms with E-state index >= 15 is 0 Å². The largest absolute Gasteiger partial charge is 0.451 e. The van der Waals surface area contributed by atoms with E-state index in [1.807, 2.05) is 24.3 Å². The second-order valence-electron chi connectivity index (χ2n) is 6.08. The number of nitrogens with one attached hydrogen (secondary N) is 2. The summed E-state index contributed by atoms with van der Waals surface area (Å²) in [6.45, 7) is 3.16. The van der Waals surface area contributed by atoms with Crippen LogP contribution in [0.5, 0.6) is 0 Å². The molecule has 0 spiro atoms. The van der Waals surface area contributed by atoms with E-state index in [1.54, 1.807) is 0 Å². The van der Waals surface area contributed by atoms with Crippen molar-refractivity contribution in [1.82, 2.24) is 19.9 Å². The van der Waals surface area contributed by atoms with Crippen LogP contribution in [0.25, 0.3) is 11.2 Å². The van der Waals surface area contributed by atoms with Crippen molar-refractivity contribution in [3.8, 4) is 0 Å². The Hall–Kier alpha value is -2.88. The predicted molar refractivity (Wildman–Crippen MR) is 93.5 cm³/mol. The Bertz CT molecular complexity index is 936. The summed E-state index contributed by atoms with van der Waals surface area (Å²) in [5, 5.41) is 3.00. The lowest BCUT2D eigenvalue weighted by atomic mass is 10.1. The number of nitrogens with zero attached hydrogens (tertiary/aromatic N) is 4. The van der Waals surface area contributed by atoms with Crippen molar-refractivity contribution in [3.05, 3.63) is 42.0 Å². The Kier molecular flexibility index (Phi) is 4.56. The molecule has 3 aromatic rings. The first-order valence-electron chi connectivity index (χ1n) is 8.45. The SMILES string of the molecule is FC(F)(F)c1nc(NCc2ccccc2N2CCOCC2)c2[nH]cnc2n1. The molecule has 10 heteroatoms. The van der Waals surface area contributed by atoms with Crippen molar-refractivity contribution >= 4 is 22.7 Å². The van der Waals surface area contributed by atoms with Crippen molar-refractivity contribution < 1.29 is 17.9 Å². The highest BCUT2D eigenvalue weighted by Gasteiger charge is 2.36. The van der Waals surface area contributed by atoms with E-state index in [-0.39, 0.29) is 11.5 Å². The molecule has 27 heavy (non-hydrogen) atoms. The molecule has 0 saturated carbocycles. The van der Waals surface area contributed by atoms with Crippen molar-refractivity contribution in [3.63, 3.8) is 0 Å². The van der Waals surface area contributed by atoms with E-state index in [9.17, 15) is 13.2 Å². The molecular weight excluding hydrogens is 361 g/mol. The van der Waals surface area contributed by atoms with Crippen LogP contribution >= 0.6 is 0 Å². The molecular formula is C17H17F3N6O. The third kappa shape index (κ3) is 3.65. The third-order valence-corrected chi connectivity index (χ3v) is 4.33. The number of para-hydroxylation sites is 1. The summed E-state index contributed by atoms with van der Waals surface area (Å²) < 4.78 is 44.6. The number of hydrogen-bond acceptors (Lipinski definition) is 6. The number of anilines is 2. The molecule has 0 amide bonds. The van der Waals surface area contributed by atoms with Gasteiger partial charge in [0.1, 0.15) is 5.52 Å². The number of ether oxygens (including phenoxy) is 1. The molecule has 4 rings (SSSR count). The van der Waals surface area contributed by atoms with Crippen molar-refractivity contribution in [2.45, 2.75) is 12.7 Å². The van der Waals surface area contributed by atoms with Gasteiger partial charge in [-0.2, -0.15) is 13.2 Å². The summed E-state index contributed by atoms with van der Waals surface area (Å²) in [5.74, 6) is -1.15. The number of halogens is 3. The molecule has 1 aliphatic rings. The van der Waals surface area contributed by atoms with E-state index in [2.05, 4.69) is 30.2 Å². The topological polar surface area (TPSA) is 79.0 Å². The number of rotatable bonds is 4. The van der Waals surface area contributed by atoms with Gasteiger partial charge in [-0.1, -0.05) is 18.2 Å². The van der Waals surface area contributed by atoms with Crippen LogP contribution in [0.1, 0.15) is 11.4 Å². The summed E-state index contributed by atoms with van der Waals surface area (Å²) >= 11 is 0. The highest BCUT2D eigenvalue weighted by molar-refractivity contribution is 5.82. The zero-order valence-corrected chi connectivity index (χ0v) is 14.3. The average molecular weight is 378 g/mol. The average Bonchev–Trinajstić information content (AvgIpc) is 3.15. The summed E-state index contributed by atoms with van der Waals surface area (Å²) in [5.41, 5.74) is 2.30. The van der Waals surface area contributed by atoms with Gasteiger partial charge in [0.2, 0.25) is 5.82 Å². The fraction of sp³-hybridized carbons (Fsp3) is 0.353. The molecule has 0 aliphatic carbocycles. The van der Waals surface area contributed by atoms with Gasteiger partial charge >= 0.3 is 6.18 Å². The maximum atomic E-state index is 13.1. The highest BCUT2D eigenvalue weighted by Crippen LogP contribution is 2.30. The normalized spacial score (nSPS) is 15.3. The van der Waals surface area contributed by atoms with Crippen molar-refractivity contribution in [2.75, 3.05) is 36.5 Å². The van der Waals surface area contributed by atoms with E-state index in [0.29, 0.717) is 25.3 Å². The van der Waals surface area contributed by atoms with Gasteiger partial charge in [-0.05, 0) is 11.6 Å². The molecule has 0 radical (unpaired) electrons. The van der Waals surface area contributed by atoms with Gasteiger partial charge in [-0.3, -0.25) is 0 Å². The van der Waals surface area contributed by atoms with E-state index < -0.39 is 12.0 Å². The molecule has 0 unspecified atom stereocenters. The Morgan fingerprint density at radius 3 is 2.70 bits per heavy atom. The lowest BCUT2D eigenvalue weighted by Crippen LogP contribution is -2.36. The van der Waals surface area contributed by atoms with Gasteiger partial charge in [0.25, 0.3) is 0 Å². The number of hydrogen-bond donors (Lipinski definition) is 2. The Labute approximate surface area is 152 Å². The van der Waals surface area contributed by atoms with Crippen molar-refractivity contribution in [2.24, 2.45) is 0 Å². The lowest BCUT2D eigenvalue weighted by molar-refractivity contribution is -0.144. The summed E-state index contributed by atoms with van der Waals surface area (Å²) in [6, 6.07) is 7.77. The molecule has 3 heterocycles. The molecule has 142 valence electrons. The third-order valence-electron chi connectivity index (χ3n) is 4.33. The van der Waals surface area contributed by atoms with Gasteiger partial charge < -0.3 is 19.9 Å². The van der Waals surface area contributed by atoms with E-state index in [0.717, 1.165) is 24.3 Å². The molecule has 1 aliphatic heterocycles. The van der Waals surface area contributed by atoms with Crippen LogP contribution in [0.2, 0.25) is 0 Å². The van der Waals surface area contributed by atoms with Crippen LogP contribution in [0, 0.1) is 0 Å². The number of morpholine rings is 1. The number of aromatic nitrogens is 4. The quantitative estimate of drug-likeness (QED) is 0.727. The Balaban J connectivity index is 1.62. The lowest BCUT2D eigenvalue weighted by Gasteiger charge is -2.30. The number of alkyl halides is 3. The maximum absolute atomic E-state index is 13.1. The summed E-state index contributed by atoms with van der Waals surface area (Å²) in [7, 11) is 0. The number of H-pyrrole nitrogens is 1. The van der Waals surface area contributed by atoms with Crippen LogP contribution in [0.15, 0.2) is 30.6 Å². The highest BCUT2D eigenvalue weighted by atomic mass is 19.4. The van der Waals surface area contributed by atoms with Crippen LogP contribution < -0.4 is 10.2 Å². The number of benzene rings is 1. The molecule has 1 fully saturated rings. The van der Waals surface area contributed by atoms with Crippen LogP contribution in [-0.4, -0.2) is 46.2 Å². The van der Waals surface area contributed by atoms with Gasteiger partial charge in [-0.25, -0.2) is 15.0 Å². The zero-order chi connectivity index (χ0) is 18.9. The number of fused-ring (bicyclic) bond motifs is 1. The molecule has 0 atom stereocenters. The van der Waals surface area contributed by atoms with E-state index in [1.165, 1.54) is 6.33 Å². The van der Waals surface area contributed by atoms with Gasteiger partial charge in [0, 0.05) is 25.3 Å². The smallest absolute Gasteiger partial charge is 0.378 e. The monoisotopic (exact) mass is 378 g/mol. The molecule has 0 bridgehead atoms. The van der Waals surface area contributed by atoms with Crippen molar-refractivity contribution in [1.29, 1.82) is 0 Å². The minimum atomic E-state index is -4.64. The second-order valence-corrected chi connectivity index (χ2v) is 6.08. The molecule has 2 aromatic heterocycles. The number of imidazole rings is 1. The van der Waals surface area contributed by atoms with E-state index in [4.69, 9.17) is 4.74 Å². The van der Waals surface area contributed by atoms with Gasteiger partial charge in [0.05, 0.1) is 19.5 Å². The maximum Gasteiger partial charge on any atom is 0.451 e. The van der Waals surface area contributed by atoms with Crippen LogP contribution in [0.3, 0.4) is 0 Å². The fourth-order valence-electron chi connectivity index (χ4n) is 3.04. The first-order chi connectivity index (χ1) is 13.0. The summed E-state index contributed by atoms with van der Waals surface area (Å²) in [4.78, 5) is 15.9. The first-order valence-corrected chi connectivity index (χ1v) is 8.45. The standard InChI is InChI=1S/C17H17F3N6O/c18-17(19,20)16-24-14(13-15(25-16)23-10-22-13)21-9-11-3-1-2-4-12(11)26-5-7-27-8-6-26/h1-4,10H,5-9H2,(H2,21,22,23,24,25). The molecule has 7 nitrogen and oxygen atoms in total. The Morgan fingerprint density at radius 1 is 1.15 bits per heavy atom. The van der Waals surface area contributed by atoms with Gasteiger partial charge in [-0.15, -0.1) is 0 Å². The minimum absolute atomic E-state index is 0.0266. The first kappa shape index (κ1) is 17.5. The zero-order valence-electron chi connectivity index (χ0n) is 14.3. The fourth-order valence-corrected chi connectivity index (χ4v) is 3.04. The predicted octanol–water partition coefficient (Wildman–Crippen LogP) is 2.82. The Morgan fingerprint density at radius 2 is 1.93 bits per heavy atom.